The summed E-state index contributed by atoms with van der Waals surface area (Å²) in [6.45, 7) is 0. The lowest BCUT2D eigenvalue weighted by Crippen LogP contribution is -1.91. The van der Waals surface area contributed by atoms with Crippen LogP contribution in [0.1, 0.15) is 16.7 Å². The SMILES string of the molecule is Clc1ccc(Cc2ccccc2Cl)cc1CBr. The maximum Gasteiger partial charge on any atom is 0.0446 e. The molecule has 0 saturated heterocycles. The van der Waals surface area contributed by atoms with Gasteiger partial charge in [0.15, 0.2) is 0 Å². The number of rotatable bonds is 3. The molecule has 0 aromatic heterocycles. The Bertz CT molecular complexity index is 523. The minimum Gasteiger partial charge on any atom is -0.0876 e. The summed E-state index contributed by atoms with van der Waals surface area (Å²) in [7, 11) is 0. The lowest BCUT2D eigenvalue weighted by atomic mass is 10.0. The normalized spacial score (nSPS) is 10.5. The van der Waals surface area contributed by atoms with Crippen LogP contribution in [-0.2, 0) is 11.8 Å². The Balaban J connectivity index is 2.28. The second-order valence-electron chi connectivity index (χ2n) is 3.83. The molecule has 0 saturated carbocycles. The average Bonchev–Trinajstić information content (AvgIpc) is 2.34. The van der Waals surface area contributed by atoms with Crippen molar-refractivity contribution in [1.29, 1.82) is 0 Å². The van der Waals surface area contributed by atoms with Crippen LogP contribution in [0.15, 0.2) is 42.5 Å². The van der Waals surface area contributed by atoms with Gasteiger partial charge in [-0.2, -0.15) is 0 Å². The quantitative estimate of drug-likeness (QED) is 0.654. The van der Waals surface area contributed by atoms with Crippen molar-refractivity contribution in [1.82, 2.24) is 0 Å². The number of hydrogen-bond donors (Lipinski definition) is 0. The first kappa shape index (κ1) is 12.9. The molecule has 88 valence electrons. The summed E-state index contributed by atoms with van der Waals surface area (Å²) in [5.41, 5.74) is 3.46. The van der Waals surface area contributed by atoms with Gasteiger partial charge in [0.2, 0.25) is 0 Å². The molecule has 2 aromatic rings. The van der Waals surface area contributed by atoms with Crippen LogP contribution in [0.2, 0.25) is 10.0 Å². The predicted molar refractivity (Wildman–Crippen MR) is 78.3 cm³/mol. The summed E-state index contributed by atoms with van der Waals surface area (Å²) >= 11 is 15.7. The van der Waals surface area contributed by atoms with Gasteiger partial charge in [0.1, 0.15) is 0 Å². The summed E-state index contributed by atoms with van der Waals surface area (Å²) < 4.78 is 0. The van der Waals surface area contributed by atoms with Crippen molar-refractivity contribution in [3.05, 3.63) is 69.2 Å². The Kier molecular flexibility index (Phi) is 4.49. The highest BCUT2D eigenvalue weighted by atomic mass is 79.9. The van der Waals surface area contributed by atoms with E-state index in [4.69, 9.17) is 23.2 Å². The highest BCUT2D eigenvalue weighted by Crippen LogP contribution is 2.24. The summed E-state index contributed by atoms with van der Waals surface area (Å²) in [5.74, 6) is 0. The van der Waals surface area contributed by atoms with Crippen molar-refractivity contribution in [2.75, 3.05) is 0 Å². The molecule has 0 aliphatic rings. The first-order chi connectivity index (χ1) is 8.20. The van der Waals surface area contributed by atoms with Gasteiger partial charge in [-0.05, 0) is 35.2 Å². The van der Waals surface area contributed by atoms with Gasteiger partial charge in [0, 0.05) is 15.4 Å². The van der Waals surface area contributed by atoms with Crippen LogP contribution in [0.4, 0.5) is 0 Å². The maximum absolute atomic E-state index is 6.14. The second kappa shape index (κ2) is 5.90. The average molecular weight is 330 g/mol. The zero-order valence-electron chi connectivity index (χ0n) is 9.09. The molecule has 0 atom stereocenters. The van der Waals surface area contributed by atoms with E-state index < -0.39 is 0 Å². The van der Waals surface area contributed by atoms with E-state index in [9.17, 15) is 0 Å². The monoisotopic (exact) mass is 328 g/mol. The van der Waals surface area contributed by atoms with Gasteiger partial charge in [0.25, 0.3) is 0 Å². The maximum atomic E-state index is 6.14. The molecule has 0 N–H and O–H groups in total. The lowest BCUT2D eigenvalue weighted by molar-refractivity contribution is 1.18. The molecular weight excluding hydrogens is 319 g/mol. The van der Waals surface area contributed by atoms with Crippen LogP contribution < -0.4 is 0 Å². The zero-order valence-corrected chi connectivity index (χ0v) is 12.2. The summed E-state index contributed by atoms with van der Waals surface area (Å²) in [5, 5.41) is 2.37. The molecular formula is C14H11BrCl2. The molecule has 3 heteroatoms. The van der Waals surface area contributed by atoms with E-state index in [1.54, 1.807) is 0 Å². The molecule has 0 heterocycles. The minimum absolute atomic E-state index is 0.766. The molecule has 0 aliphatic heterocycles. The Morgan fingerprint density at radius 3 is 2.29 bits per heavy atom. The third kappa shape index (κ3) is 3.25. The molecule has 0 aliphatic carbocycles. The summed E-state index contributed by atoms with van der Waals surface area (Å²) in [6.07, 6.45) is 0.830. The van der Waals surface area contributed by atoms with Gasteiger partial charge in [-0.1, -0.05) is 69.5 Å². The van der Waals surface area contributed by atoms with Crippen molar-refractivity contribution in [2.45, 2.75) is 11.8 Å². The highest BCUT2D eigenvalue weighted by Gasteiger charge is 2.04. The number of alkyl halides is 1. The van der Waals surface area contributed by atoms with E-state index in [0.29, 0.717) is 0 Å². The van der Waals surface area contributed by atoms with Gasteiger partial charge in [0.05, 0.1) is 0 Å². The Morgan fingerprint density at radius 1 is 0.882 bits per heavy atom. The van der Waals surface area contributed by atoms with Crippen molar-refractivity contribution in [2.24, 2.45) is 0 Å². The van der Waals surface area contributed by atoms with E-state index in [2.05, 4.69) is 22.0 Å². The van der Waals surface area contributed by atoms with Gasteiger partial charge >= 0.3 is 0 Å². The third-order valence-electron chi connectivity index (χ3n) is 2.61. The van der Waals surface area contributed by atoms with Crippen LogP contribution in [0, 0.1) is 0 Å². The minimum atomic E-state index is 0.766. The Hall–Kier alpha value is -0.500. The number of hydrogen-bond acceptors (Lipinski definition) is 0. The fourth-order valence-electron chi connectivity index (χ4n) is 1.70. The first-order valence-electron chi connectivity index (χ1n) is 5.27. The van der Waals surface area contributed by atoms with E-state index in [-0.39, 0.29) is 0 Å². The van der Waals surface area contributed by atoms with E-state index in [1.165, 1.54) is 5.56 Å². The van der Waals surface area contributed by atoms with Gasteiger partial charge < -0.3 is 0 Å². The molecule has 0 bridgehead atoms. The molecule has 0 spiro atoms. The van der Waals surface area contributed by atoms with Crippen molar-refractivity contribution in [3.8, 4) is 0 Å². The van der Waals surface area contributed by atoms with Crippen molar-refractivity contribution >= 4 is 39.1 Å². The van der Waals surface area contributed by atoms with Crippen LogP contribution in [0.3, 0.4) is 0 Å². The first-order valence-corrected chi connectivity index (χ1v) is 7.15. The topological polar surface area (TPSA) is 0 Å². The van der Waals surface area contributed by atoms with Gasteiger partial charge in [-0.25, -0.2) is 0 Å². The van der Waals surface area contributed by atoms with Crippen LogP contribution >= 0.6 is 39.1 Å². The highest BCUT2D eigenvalue weighted by molar-refractivity contribution is 9.08. The van der Waals surface area contributed by atoms with Crippen molar-refractivity contribution in [3.63, 3.8) is 0 Å². The van der Waals surface area contributed by atoms with Gasteiger partial charge in [-0.3, -0.25) is 0 Å². The van der Waals surface area contributed by atoms with E-state index >= 15 is 0 Å². The number of benzene rings is 2. The van der Waals surface area contributed by atoms with E-state index in [0.717, 1.165) is 32.9 Å². The van der Waals surface area contributed by atoms with Crippen LogP contribution in [0.5, 0.6) is 0 Å². The van der Waals surface area contributed by atoms with Crippen molar-refractivity contribution < 1.29 is 0 Å². The predicted octanol–water partition coefficient (Wildman–Crippen LogP) is 5.48. The molecule has 2 rings (SSSR count). The fourth-order valence-corrected chi connectivity index (χ4v) is 2.71. The summed E-state index contributed by atoms with van der Waals surface area (Å²) in [4.78, 5) is 0. The van der Waals surface area contributed by atoms with E-state index in [1.807, 2.05) is 36.4 Å². The molecule has 0 fully saturated rings. The third-order valence-corrected chi connectivity index (χ3v) is 3.95. The molecule has 2 aromatic carbocycles. The van der Waals surface area contributed by atoms with Crippen LogP contribution in [0.25, 0.3) is 0 Å². The standard InChI is InChI=1S/C14H11BrCl2/c15-9-12-8-10(5-6-14(12)17)7-11-3-1-2-4-13(11)16/h1-6,8H,7,9H2. The largest absolute Gasteiger partial charge is 0.0876 e. The Morgan fingerprint density at radius 2 is 1.59 bits per heavy atom. The summed E-state index contributed by atoms with van der Waals surface area (Å²) in [6, 6.07) is 14.0. The molecule has 17 heavy (non-hydrogen) atoms. The van der Waals surface area contributed by atoms with Gasteiger partial charge in [-0.15, -0.1) is 0 Å². The lowest BCUT2D eigenvalue weighted by Gasteiger charge is -2.07. The zero-order chi connectivity index (χ0) is 12.3. The molecule has 0 nitrogen and oxygen atoms in total. The fraction of sp³-hybridized carbons (Fsp3) is 0.143. The molecule has 0 radical (unpaired) electrons. The molecule has 0 unspecified atom stereocenters. The Labute approximate surface area is 120 Å². The number of halogens is 3. The second-order valence-corrected chi connectivity index (χ2v) is 5.20. The van der Waals surface area contributed by atoms with Crippen LogP contribution in [-0.4, -0.2) is 0 Å². The molecule has 0 amide bonds. The smallest absolute Gasteiger partial charge is 0.0446 e.